The van der Waals surface area contributed by atoms with E-state index in [0.717, 1.165) is 10.5 Å². The monoisotopic (exact) mass is 566 g/mol. The molecule has 9 heteroatoms. The zero-order valence-corrected chi connectivity index (χ0v) is 22.8. The number of ketones is 1. The lowest BCUT2D eigenvalue weighted by molar-refractivity contribution is -0.385. The van der Waals surface area contributed by atoms with E-state index in [1.807, 2.05) is 13.0 Å². The summed E-state index contributed by atoms with van der Waals surface area (Å²) >= 11 is 0. The largest absolute Gasteiger partial charge is 0.479 e. The van der Waals surface area contributed by atoms with Crippen molar-refractivity contribution in [3.63, 3.8) is 0 Å². The number of nitrogens with zero attached hydrogens (tertiary/aromatic N) is 2. The summed E-state index contributed by atoms with van der Waals surface area (Å²) in [5, 5.41) is 22.6. The van der Waals surface area contributed by atoms with Gasteiger partial charge in [0.15, 0.2) is 5.78 Å². The summed E-state index contributed by atoms with van der Waals surface area (Å²) in [6.45, 7) is 3.19. The van der Waals surface area contributed by atoms with Crippen molar-refractivity contribution in [2.75, 3.05) is 0 Å². The first-order chi connectivity index (χ1) is 20.0. The van der Waals surface area contributed by atoms with Crippen LogP contribution in [0.1, 0.15) is 56.3 Å². The van der Waals surface area contributed by atoms with Crippen LogP contribution in [-0.2, 0) is 4.79 Å². The van der Waals surface area contributed by atoms with E-state index in [-0.39, 0.29) is 16.8 Å². The summed E-state index contributed by atoms with van der Waals surface area (Å²) < 4.78 is 14.1. The van der Waals surface area contributed by atoms with Gasteiger partial charge in [-0.25, -0.2) is 9.18 Å². The quantitative estimate of drug-likeness (QED) is 0.158. The normalized spacial score (nSPS) is 21.6. The number of carbonyl (C=O) groups is 3. The smallest absolute Gasteiger partial charge is 0.330 e. The maximum Gasteiger partial charge on any atom is 0.330 e. The van der Waals surface area contributed by atoms with Gasteiger partial charge in [0.25, 0.3) is 11.6 Å². The Hall–Kier alpha value is -5.18. The van der Waals surface area contributed by atoms with E-state index in [1.54, 1.807) is 42.5 Å². The molecular weight excluding hydrogens is 539 g/mol. The molecule has 1 aliphatic heterocycles. The molecule has 4 aromatic rings. The molecule has 0 aliphatic carbocycles. The van der Waals surface area contributed by atoms with Crippen LogP contribution < -0.4 is 0 Å². The summed E-state index contributed by atoms with van der Waals surface area (Å²) in [5.74, 6) is -5.39. The maximum atomic E-state index is 14.5. The molecule has 4 unspecified atom stereocenters. The lowest BCUT2D eigenvalue weighted by Gasteiger charge is -2.38. The highest BCUT2D eigenvalue weighted by atomic mass is 19.1. The third-order valence-corrected chi connectivity index (χ3v) is 8.01. The Morgan fingerprint density at radius 2 is 1.50 bits per heavy atom. The van der Waals surface area contributed by atoms with Gasteiger partial charge in [0.05, 0.1) is 16.9 Å². The molecule has 4 atom stereocenters. The summed E-state index contributed by atoms with van der Waals surface area (Å²) in [6.07, 6.45) is 0. The molecule has 8 nitrogen and oxygen atoms in total. The number of nitro benzene ring substituents is 1. The van der Waals surface area contributed by atoms with E-state index >= 15 is 0 Å². The number of Topliss-reactive ketones (excluding diaryl/α,β-unsaturated/α-hetero) is 1. The average Bonchev–Trinajstić information content (AvgIpc) is 3.27. The van der Waals surface area contributed by atoms with E-state index in [1.165, 1.54) is 61.5 Å². The summed E-state index contributed by atoms with van der Waals surface area (Å²) in [5.41, 5.74) is -0.454. The van der Waals surface area contributed by atoms with E-state index in [4.69, 9.17) is 0 Å². The molecule has 1 N–H and O–H groups in total. The Morgan fingerprint density at radius 3 is 2.12 bits per heavy atom. The van der Waals surface area contributed by atoms with Crippen LogP contribution in [0.2, 0.25) is 0 Å². The van der Waals surface area contributed by atoms with Crippen LogP contribution in [0.3, 0.4) is 0 Å². The number of rotatable bonds is 7. The van der Waals surface area contributed by atoms with Gasteiger partial charge < -0.3 is 10.0 Å². The topological polar surface area (TPSA) is 118 Å². The lowest BCUT2D eigenvalue weighted by Crippen LogP contribution is -2.54. The van der Waals surface area contributed by atoms with Gasteiger partial charge in [-0.15, -0.1) is 0 Å². The van der Waals surface area contributed by atoms with Gasteiger partial charge in [0.2, 0.25) is 0 Å². The van der Waals surface area contributed by atoms with E-state index < -0.39 is 51.8 Å². The molecule has 0 aromatic heterocycles. The number of hydrogen-bond donors (Lipinski definition) is 1. The minimum absolute atomic E-state index is 0.182. The molecule has 42 heavy (non-hydrogen) atoms. The number of hydrogen-bond acceptors (Lipinski definition) is 5. The standard InChI is InChI=1S/C33H27FN2O6/c1-20-8-6-12-24(18-20)30(37)27-28(21-14-16-25(34)17-15-21)33(2,32(39)40)35(31(38)22-9-4-3-5-10-22)29(27)23-11-7-13-26(19-23)36(41)42/h3-19,27-29H,1-2H3,(H,39,40). The Balaban J connectivity index is 1.85. The van der Waals surface area contributed by atoms with Crippen LogP contribution in [0, 0.1) is 28.8 Å². The molecule has 0 spiro atoms. The minimum atomic E-state index is -2.02. The molecule has 1 saturated heterocycles. The fourth-order valence-electron chi connectivity index (χ4n) is 6.09. The van der Waals surface area contributed by atoms with Crippen molar-refractivity contribution in [1.82, 2.24) is 4.90 Å². The number of benzene rings is 4. The van der Waals surface area contributed by atoms with Crippen molar-refractivity contribution < 1.29 is 28.8 Å². The molecule has 1 aliphatic rings. The van der Waals surface area contributed by atoms with Crippen molar-refractivity contribution in [2.45, 2.75) is 31.3 Å². The predicted octanol–water partition coefficient (Wildman–Crippen LogP) is 6.37. The molecule has 1 heterocycles. The Bertz CT molecular complexity index is 1690. The number of nitro groups is 1. The molecule has 0 saturated carbocycles. The molecular formula is C33H27FN2O6. The first-order valence-electron chi connectivity index (χ1n) is 13.3. The highest BCUT2D eigenvalue weighted by Gasteiger charge is 2.65. The van der Waals surface area contributed by atoms with E-state index in [0.29, 0.717) is 11.1 Å². The number of carbonyl (C=O) groups excluding carboxylic acids is 2. The van der Waals surface area contributed by atoms with Gasteiger partial charge in [-0.1, -0.05) is 66.2 Å². The van der Waals surface area contributed by atoms with Gasteiger partial charge in [-0.3, -0.25) is 19.7 Å². The van der Waals surface area contributed by atoms with Crippen LogP contribution in [0.25, 0.3) is 0 Å². The summed E-state index contributed by atoms with van der Waals surface area (Å²) in [6, 6.07) is 24.4. The van der Waals surface area contributed by atoms with Crippen LogP contribution in [0.4, 0.5) is 10.1 Å². The zero-order chi connectivity index (χ0) is 30.2. The third-order valence-electron chi connectivity index (χ3n) is 8.01. The number of halogens is 1. The maximum absolute atomic E-state index is 14.5. The molecule has 0 radical (unpaired) electrons. The minimum Gasteiger partial charge on any atom is -0.479 e. The second-order valence-electron chi connectivity index (χ2n) is 10.6. The molecule has 1 amide bonds. The van der Waals surface area contributed by atoms with Crippen molar-refractivity contribution in [2.24, 2.45) is 5.92 Å². The molecule has 212 valence electrons. The lowest BCUT2D eigenvalue weighted by atomic mass is 9.71. The van der Waals surface area contributed by atoms with Gasteiger partial charge in [0.1, 0.15) is 11.4 Å². The average molecular weight is 567 g/mol. The highest BCUT2D eigenvalue weighted by molar-refractivity contribution is 6.04. The zero-order valence-electron chi connectivity index (χ0n) is 22.8. The van der Waals surface area contributed by atoms with Gasteiger partial charge >= 0.3 is 5.97 Å². The molecule has 0 bridgehead atoms. The van der Waals surface area contributed by atoms with Gasteiger partial charge in [-0.2, -0.15) is 0 Å². The number of aryl methyl sites for hydroxylation is 1. The number of carboxylic acid groups (broad SMARTS) is 1. The second kappa shape index (κ2) is 11.0. The summed E-state index contributed by atoms with van der Waals surface area (Å²) in [7, 11) is 0. The van der Waals surface area contributed by atoms with Crippen molar-refractivity contribution >= 4 is 23.3 Å². The van der Waals surface area contributed by atoms with Crippen LogP contribution in [-0.4, -0.2) is 38.1 Å². The fourth-order valence-corrected chi connectivity index (χ4v) is 6.09. The second-order valence-corrected chi connectivity index (χ2v) is 10.6. The first-order valence-corrected chi connectivity index (χ1v) is 13.3. The first kappa shape index (κ1) is 28.4. The van der Waals surface area contributed by atoms with Crippen LogP contribution in [0.15, 0.2) is 103 Å². The number of likely N-dealkylation sites (tertiary alicyclic amines) is 1. The SMILES string of the molecule is Cc1cccc(C(=O)C2C(c3cccc([N+](=O)[O-])c3)N(C(=O)c3ccccc3)C(C)(C(=O)O)C2c2ccc(F)cc2)c1. The third kappa shape index (κ3) is 4.83. The van der Waals surface area contributed by atoms with Crippen LogP contribution >= 0.6 is 0 Å². The predicted molar refractivity (Wildman–Crippen MR) is 153 cm³/mol. The van der Waals surface area contributed by atoms with Crippen molar-refractivity contribution in [1.29, 1.82) is 0 Å². The Morgan fingerprint density at radius 1 is 0.857 bits per heavy atom. The number of amides is 1. The van der Waals surface area contributed by atoms with Crippen molar-refractivity contribution in [3.05, 3.63) is 147 Å². The van der Waals surface area contributed by atoms with Gasteiger partial charge in [0, 0.05) is 29.2 Å². The van der Waals surface area contributed by atoms with E-state index in [9.17, 15) is 34.0 Å². The number of carboxylic acids is 1. The number of non-ortho nitro benzene ring substituents is 1. The number of aliphatic carboxylic acids is 1. The van der Waals surface area contributed by atoms with E-state index in [2.05, 4.69) is 0 Å². The fraction of sp³-hybridized carbons (Fsp3) is 0.182. The summed E-state index contributed by atoms with van der Waals surface area (Å²) in [4.78, 5) is 54.5. The highest BCUT2D eigenvalue weighted by Crippen LogP contribution is 2.57. The molecule has 1 fully saturated rings. The van der Waals surface area contributed by atoms with Crippen molar-refractivity contribution in [3.8, 4) is 0 Å². The van der Waals surface area contributed by atoms with Gasteiger partial charge in [-0.05, 0) is 55.3 Å². The molecule has 5 rings (SSSR count). The Kier molecular flexibility index (Phi) is 7.43. The van der Waals surface area contributed by atoms with Crippen LogP contribution in [0.5, 0.6) is 0 Å². The molecule has 4 aromatic carbocycles. The Labute approximate surface area is 241 Å².